The molecule has 0 fully saturated rings. The second-order valence-electron chi connectivity index (χ2n) is 3.28. The van der Waals surface area contributed by atoms with Gasteiger partial charge in [-0.05, 0) is 24.3 Å². The van der Waals surface area contributed by atoms with E-state index >= 15 is 0 Å². The summed E-state index contributed by atoms with van der Waals surface area (Å²) in [4.78, 5) is 8.35. The second-order valence-corrected chi connectivity index (χ2v) is 5.07. The molecular formula is C11H9Cl2N3S. The zero-order valence-electron chi connectivity index (χ0n) is 8.73. The summed E-state index contributed by atoms with van der Waals surface area (Å²) >= 11 is 13.4. The number of thioether (sulfide) groups is 1. The van der Waals surface area contributed by atoms with Gasteiger partial charge in [-0.1, -0.05) is 35.0 Å². The van der Waals surface area contributed by atoms with Crippen LogP contribution in [0.2, 0.25) is 10.2 Å². The number of anilines is 1. The lowest BCUT2D eigenvalue weighted by molar-refractivity contribution is 1.12. The maximum Gasteiger partial charge on any atom is 0.129 e. The molecule has 2 aromatic heterocycles. The topological polar surface area (TPSA) is 51.8 Å². The van der Waals surface area contributed by atoms with Crippen LogP contribution in [0, 0.1) is 0 Å². The Bertz CT molecular complexity index is 517. The molecule has 0 aromatic carbocycles. The van der Waals surface area contributed by atoms with Gasteiger partial charge in [-0.25, -0.2) is 9.97 Å². The van der Waals surface area contributed by atoms with Crippen molar-refractivity contribution in [3.8, 4) is 0 Å². The van der Waals surface area contributed by atoms with E-state index in [1.54, 1.807) is 18.3 Å². The Labute approximate surface area is 113 Å². The fraction of sp³-hybridized carbons (Fsp3) is 0.0909. The largest absolute Gasteiger partial charge is 0.397 e. The highest BCUT2D eigenvalue weighted by Crippen LogP contribution is 2.25. The van der Waals surface area contributed by atoms with E-state index in [9.17, 15) is 0 Å². The predicted octanol–water partition coefficient (Wildman–Crippen LogP) is 3.66. The molecule has 2 heterocycles. The number of nitrogen functional groups attached to an aromatic ring is 1. The van der Waals surface area contributed by atoms with Crippen molar-refractivity contribution >= 4 is 40.7 Å². The summed E-state index contributed by atoms with van der Waals surface area (Å²) in [6.07, 6.45) is 1.62. The smallest absolute Gasteiger partial charge is 0.129 e. The summed E-state index contributed by atoms with van der Waals surface area (Å²) < 4.78 is 0. The molecule has 2 rings (SSSR count). The first kappa shape index (κ1) is 12.5. The molecular weight excluding hydrogens is 277 g/mol. The standard InChI is InChI=1S/C11H9Cl2N3S/c12-8-2-3-10(13)16-9(8)6-17-11-4-1-7(14)5-15-11/h1-5H,6,14H2. The van der Waals surface area contributed by atoms with E-state index in [0.29, 0.717) is 21.6 Å². The molecule has 6 heteroatoms. The number of nitrogens with two attached hydrogens (primary N) is 1. The van der Waals surface area contributed by atoms with Crippen molar-refractivity contribution < 1.29 is 0 Å². The quantitative estimate of drug-likeness (QED) is 0.691. The predicted molar refractivity (Wildman–Crippen MR) is 72.5 cm³/mol. The van der Waals surface area contributed by atoms with Crippen molar-refractivity contribution in [2.75, 3.05) is 5.73 Å². The first-order chi connectivity index (χ1) is 8.15. The monoisotopic (exact) mass is 285 g/mol. The average Bonchev–Trinajstić information content (AvgIpc) is 2.32. The van der Waals surface area contributed by atoms with E-state index in [0.717, 1.165) is 10.7 Å². The zero-order valence-corrected chi connectivity index (χ0v) is 11.1. The van der Waals surface area contributed by atoms with Gasteiger partial charge >= 0.3 is 0 Å². The number of halogens is 2. The van der Waals surface area contributed by atoms with E-state index in [2.05, 4.69) is 9.97 Å². The molecule has 0 aliphatic rings. The van der Waals surface area contributed by atoms with Crippen molar-refractivity contribution in [3.63, 3.8) is 0 Å². The third-order valence-corrected chi connectivity index (χ3v) is 3.51. The number of pyridine rings is 2. The van der Waals surface area contributed by atoms with Crippen molar-refractivity contribution in [3.05, 3.63) is 46.3 Å². The molecule has 0 amide bonds. The van der Waals surface area contributed by atoms with Gasteiger partial charge in [0.05, 0.1) is 27.6 Å². The minimum absolute atomic E-state index is 0.440. The highest BCUT2D eigenvalue weighted by Gasteiger charge is 2.04. The molecule has 17 heavy (non-hydrogen) atoms. The Morgan fingerprint density at radius 3 is 2.71 bits per heavy atom. The van der Waals surface area contributed by atoms with E-state index < -0.39 is 0 Å². The van der Waals surface area contributed by atoms with E-state index in [-0.39, 0.29) is 0 Å². The van der Waals surface area contributed by atoms with Crippen molar-refractivity contribution in [1.29, 1.82) is 0 Å². The third kappa shape index (κ3) is 3.49. The van der Waals surface area contributed by atoms with Crippen LogP contribution in [0.3, 0.4) is 0 Å². The Hall–Kier alpha value is -0.970. The fourth-order valence-electron chi connectivity index (χ4n) is 1.18. The molecule has 3 nitrogen and oxygen atoms in total. The fourth-order valence-corrected chi connectivity index (χ4v) is 2.39. The number of hydrogen-bond donors (Lipinski definition) is 1. The third-order valence-electron chi connectivity index (χ3n) is 2.00. The normalized spacial score (nSPS) is 10.5. The van der Waals surface area contributed by atoms with Gasteiger partial charge in [-0.3, -0.25) is 0 Å². The van der Waals surface area contributed by atoms with Crippen LogP contribution in [-0.4, -0.2) is 9.97 Å². The van der Waals surface area contributed by atoms with E-state index in [1.165, 1.54) is 11.8 Å². The van der Waals surface area contributed by atoms with Gasteiger partial charge in [0.1, 0.15) is 5.15 Å². The molecule has 0 radical (unpaired) electrons. The van der Waals surface area contributed by atoms with Crippen molar-refractivity contribution in [2.45, 2.75) is 10.8 Å². The van der Waals surface area contributed by atoms with Crippen LogP contribution in [0.4, 0.5) is 5.69 Å². The van der Waals surface area contributed by atoms with E-state index in [1.807, 2.05) is 12.1 Å². The molecule has 0 saturated heterocycles. The van der Waals surface area contributed by atoms with Crippen LogP contribution in [-0.2, 0) is 5.75 Å². The summed E-state index contributed by atoms with van der Waals surface area (Å²) in [6, 6.07) is 7.07. The van der Waals surface area contributed by atoms with Crippen molar-refractivity contribution in [1.82, 2.24) is 9.97 Å². The Morgan fingerprint density at radius 1 is 1.18 bits per heavy atom. The lowest BCUT2D eigenvalue weighted by Gasteiger charge is -2.03. The number of nitrogens with zero attached hydrogens (tertiary/aromatic N) is 2. The molecule has 88 valence electrons. The van der Waals surface area contributed by atoms with Crippen molar-refractivity contribution in [2.24, 2.45) is 0 Å². The highest BCUT2D eigenvalue weighted by molar-refractivity contribution is 7.98. The SMILES string of the molecule is Nc1ccc(SCc2nc(Cl)ccc2Cl)nc1. The molecule has 0 aliphatic carbocycles. The van der Waals surface area contributed by atoms with Crippen LogP contribution >= 0.6 is 35.0 Å². The number of hydrogen-bond acceptors (Lipinski definition) is 4. The summed E-state index contributed by atoms with van der Waals surface area (Å²) in [5.74, 6) is 0.621. The van der Waals surface area contributed by atoms with Gasteiger partial charge < -0.3 is 5.73 Å². The first-order valence-corrected chi connectivity index (χ1v) is 6.54. The van der Waals surface area contributed by atoms with Gasteiger partial charge in [0, 0.05) is 5.75 Å². The molecule has 0 bridgehead atoms. The van der Waals surface area contributed by atoms with Crippen LogP contribution < -0.4 is 5.73 Å². The van der Waals surface area contributed by atoms with E-state index in [4.69, 9.17) is 28.9 Å². The zero-order chi connectivity index (χ0) is 12.3. The molecule has 0 spiro atoms. The Kier molecular flexibility index (Phi) is 4.10. The molecule has 2 aromatic rings. The Balaban J connectivity index is 2.07. The summed E-state index contributed by atoms with van der Waals surface area (Å²) in [6.45, 7) is 0. The highest BCUT2D eigenvalue weighted by atomic mass is 35.5. The van der Waals surface area contributed by atoms with Gasteiger partial charge in [0.25, 0.3) is 0 Å². The molecule has 0 saturated carbocycles. The van der Waals surface area contributed by atoms with Gasteiger partial charge in [0.2, 0.25) is 0 Å². The molecule has 0 aliphatic heterocycles. The molecule has 2 N–H and O–H groups in total. The lowest BCUT2D eigenvalue weighted by Crippen LogP contribution is -1.91. The molecule has 0 unspecified atom stereocenters. The Morgan fingerprint density at radius 2 is 2.00 bits per heavy atom. The second kappa shape index (κ2) is 5.58. The first-order valence-electron chi connectivity index (χ1n) is 4.80. The summed E-state index contributed by atoms with van der Waals surface area (Å²) in [5.41, 5.74) is 6.95. The lowest BCUT2D eigenvalue weighted by atomic mass is 10.4. The van der Waals surface area contributed by atoms with Crippen LogP contribution in [0.15, 0.2) is 35.5 Å². The average molecular weight is 286 g/mol. The summed E-state index contributed by atoms with van der Waals surface area (Å²) in [7, 11) is 0. The molecule has 0 atom stereocenters. The summed E-state index contributed by atoms with van der Waals surface area (Å²) in [5, 5.41) is 1.92. The van der Waals surface area contributed by atoms with Gasteiger partial charge in [-0.2, -0.15) is 0 Å². The van der Waals surface area contributed by atoms with Crippen LogP contribution in [0.1, 0.15) is 5.69 Å². The van der Waals surface area contributed by atoms with Crippen LogP contribution in [0.25, 0.3) is 0 Å². The van der Waals surface area contributed by atoms with Gasteiger partial charge in [-0.15, -0.1) is 0 Å². The maximum absolute atomic E-state index is 6.01. The number of rotatable bonds is 3. The number of aromatic nitrogens is 2. The minimum atomic E-state index is 0.440. The maximum atomic E-state index is 6.01. The minimum Gasteiger partial charge on any atom is -0.397 e. The van der Waals surface area contributed by atoms with Gasteiger partial charge in [0.15, 0.2) is 0 Å². The van der Waals surface area contributed by atoms with Crippen LogP contribution in [0.5, 0.6) is 0 Å².